The van der Waals surface area contributed by atoms with Crippen molar-refractivity contribution < 1.29 is 22.1 Å². The van der Waals surface area contributed by atoms with Gasteiger partial charge in [0, 0.05) is 40.1 Å². The van der Waals surface area contributed by atoms with Crippen LogP contribution in [0.5, 0.6) is 0 Å². The Bertz CT molecular complexity index is 202. The molecule has 0 amide bonds. The quantitative estimate of drug-likeness (QED) is 0.436. The van der Waals surface area contributed by atoms with Crippen LogP contribution in [0.15, 0.2) is 0 Å². The van der Waals surface area contributed by atoms with Crippen LogP contribution in [0.25, 0.3) is 0 Å². The van der Waals surface area contributed by atoms with Crippen molar-refractivity contribution in [2.24, 2.45) is 0 Å². The van der Waals surface area contributed by atoms with Crippen molar-refractivity contribution in [1.82, 2.24) is 0 Å². The first-order valence-electron chi connectivity index (χ1n) is 6.76. The summed E-state index contributed by atoms with van der Waals surface area (Å²) in [6, 6.07) is 0.848. The molecule has 0 saturated carbocycles. The van der Waals surface area contributed by atoms with Crippen LogP contribution in [0, 0.1) is 0 Å². The number of rotatable bonds is 12. The third-order valence-electron chi connectivity index (χ3n) is 2.63. The molecule has 0 radical (unpaired) electrons. The van der Waals surface area contributed by atoms with Crippen LogP contribution in [0.3, 0.4) is 0 Å². The molecule has 0 aliphatic carbocycles. The van der Waals surface area contributed by atoms with Crippen molar-refractivity contribution in [2.45, 2.75) is 26.8 Å². The van der Waals surface area contributed by atoms with Crippen molar-refractivity contribution >= 4 is 27.6 Å². The van der Waals surface area contributed by atoms with E-state index in [2.05, 4.69) is 6.26 Å². The van der Waals surface area contributed by atoms with Gasteiger partial charge in [0.05, 0.1) is 0 Å². The van der Waals surface area contributed by atoms with E-state index in [0.717, 1.165) is 11.8 Å². The largest absolute Gasteiger partial charge is 0.501 e. The van der Waals surface area contributed by atoms with Crippen LogP contribution in [0.4, 0.5) is 0 Å². The first-order chi connectivity index (χ1) is 9.09. The molecule has 1 unspecified atom stereocenters. The molecule has 0 aromatic heterocycles. The Kier molecular flexibility index (Phi) is 11.6. The van der Waals surface area contributed by atoms with Gasteiger partial charge in [0.1, 0.15) is 0 Å². The van der Waals surface area contributed by atoms with Gasteiger partial charge in [-0.1, -0.05) is 0 Å². The van der Waals surface area contributed by atoms with Crippen molar-refractivity contribution in [3.05, 3.63) is 0 Å². The summed E-state index contributed by atoms with van der Waals surface area (Å²) < 4.78 is 28.4. The highest BCUT2D eigenvalue weighted by atomic mass is 32.4. The molecule has 0 aliphatic heterocycles. The number of hydrogen-bond acceptors (Lipinski definition) is 5. The third-order valence-corrected chi connectivity index (χ3v) is 12.7. The van der Waals surface area contributed by atoms with E-state index in [1.54, 1.807) is 14.2 Å². The van der Waals surface area contributed by atoms with Gasteiger partial charge in [-0.3, -0.25) is 0 Å². The Labute approximate surface area is 123 Å². The van der Waals surface area contributed by atoms with Gasteiger partial charge in [0.2, 0.25) is 0 Å². The molecule has 0 fully saturated rings. The number of hydrogen-bond donors (Lipinski definition) is 1. The maximum Gasteiger partial charge on any atom is 0.501 e. The molecule has 0 aromatic rings. The van der Waals surface area contributed by atoms with Crippen LogP contribution >= 0.6 is 10.3 Å². The van der Waals surface area contributed by atoms with E-state index in [1.165, 1.54) is 0 Å². The van der Waals surface area contributed by atoms with Crippen LogP contribution in [0.2, 0.25) is 6.04 Å². The van der Waals surface area contributed by atoms with E-state index in [0.29, 0.717) is 19.8 Å². The Balaban J connectivity index is 4.53. The topological polar surface area (TPSA) is 46.2 Å². The third kappa shape index (κ3) is 7.23. The minimum Gasteiger partial charge on any atom is -0.393 e. The summed E-state index contributed by atoms with van der Waals surface area (Å²) >= 11 is 0. The molecule has 19 heavy (non-hydrogen) atoms. The first-order valence-corrected chi connectivity index (χ1v) is 13.2. The lowest BCUT2D eigenvalue weighted by atomic mass is 10.9. The highest BCUT2D eigenvalue weighted by molar-refractivity contribution is 8.38. The number of thiol groups is 1. The predicted octanol–water partition coefficient (Wildman–Crippen LogP) is 1.68. The van der Waals surface area contributed by atoms with Gasteiger partial charge in [0.25, 0.3) is 0 Å². The van der Waals surface area contributed by atoms with Crippen molar-refractivity contribution in [3.63, 3.8) is 0 Å². The normalized spacial score (nSPS) is 15.0. The molecule has 0 heterocycles. The van der Waals surface area contributed by atoms with E-state index < -0.39 is 17.2 Å². The summed E-state index contributed by atoms with van der Waals surface area (Å²) in [6.45, 7) is 7.83. The van der Waals surface area contributed by atoms with Gasteiger partial charge in [-0.05, 0) is 32.8 Å². The second-order valence-corrected chi connectivity index (χ2v) is 14.2. The fourth-order valence-corrected chi connectivity index (χ4v) is 11.5. The fourth-order valence-electron chi connectivity index (χ4n) is 1.88. The van der Waals surface area contributed by atoms with Crippen LogP contribution < -0.4 is 0 Å². The summed E-state index contributed by atoms with van der Waals surface area (Å²) in [5, 5.41) is 0. The zero-order valence-electron chi connectivity index (χ0n) is 13.1. The summed E-state index contributed by atoms with van der Waals surface area (Å²) in [4.78, 5) is 0. The van der Waals surface area contributed by atoms with Gasteiger partial charge in [-0.2, -0.15) is 0 Å². The van der Waals surface area contributed by atoms with E-state index in [-0.39, 0.29) is 10.3 Å². The van der Waals surface area contributed by atoms with E-state index in [9.17, 15) is 0 Å². The van der Waals surface area contributed by atoms with Crippen LogP contribution in [-0.4, -0.2) is 63.3 Å². The molecule has 5 nitrogen and oxygen atoms in total. The Hall–Kier alpha value is 0.584. The smallest absolute Gasteiger partial charge is 0.393 e. The van der Waals surface area contributed by atoms with E-state index >= 15 is 0 Å². The fraction of sp³-hybridized carbons (Fsp3) is 1.00. The van der Waals surface area contributed by atoms with E-state index in [1.807, 2.05) is 20.8 Å². The van der Waals surface area contributed by atoms with Crippen molar-refractivity contribution in [1.29, 1.82) is 0 Å². The molecule has 0 N–H and O–H groups in total. The standard InChI is InChI=1S/C11H30O5SSi2/c1-7-14-19(15-8-2,16-9-3)11-10-17(6)18(12-4)13-5/h17-18H,7-11H2,1-6H3. The Morgan fingerprint density at radius 3 is 1.63 bits per heavy atom. The van der Waals surface area contributed by atoms with Gasteiger partial charge in [-0.25, -0.2) is 10.3 Å². The van der Waals surface area contributed by atoms with Crippen LogP contribution in [-0.2, 0) is 22.1 Å². The summed E-state index contributed by atoms with van der Waals surface area (Å²) in [7, 11) is -0.802. The van der Waals surface area contributed by atoms with Gasteiger partial charge in [-0.15, -0.1) is 0 Å². The molecule has 0 rings (SSSR count). The van der Waals surface area contributed by atoms with Crippen molar-refractivity contribution in [2.75, 3.05) is 46.0 Å². The minimum absolute atomic E-state index is 0.252. The summed E-state index contributed by atoms with van der Waals surface area (Å²) in [5.41, 5.74) is 0. The van der Waals surface area contributed by atoms with Gasteiger partial charge < -0.3 is 22.1 Å². The van der Waals surface area contributed by atoms with Crippen molar-refractivity contribution in [3.8, 4) is 0 Å². The lowest BCUT2D eigenvalue weighted by Crippen LogP contribution is -2.47. The Morgan fingerprint density at radius 1 is 0.895 bits per heavy atom. The molecule has 8 heteroatoms. The molecular formula is C11H30O5SSi2. The highest BCUT2D eigenvalue weighted by Crippen LogP contribution is 2.29. The maximum absolute atomic E-state index is 5.85. The minimum atomic E-state index is -2.50. The average molecular weight is 331 g/mol. The molecular weight excluding hydrogens is 300 g/mol. The first kappa shape index (κ1) is 19.6. The maximum atomic E-state index is 5.85. The van der Waals surface area contributed by atoms with Gasteiger partial charge in [0.15, 0.2) is 0 Å². The molecule has 0 saturated heterocycles. The SMILES string of the molecule is CCO[Si](CC[SH](C)[SiH](OC)OC)(OCC)OCC. The molecule has 118 valence electrons. The second kappa shape index (κ2) is 11.3. The second-order valence-electron chi connectivity index (χ2n) is 3.99. The van der Waals surface area contributed by atoms with E-state index in [4.69, 9.17) is 22.1 Å². The molecule has 0 aromatic carbocycles. The lowest BCUT2D eigenvalue weighted by Gasteiger charge is -2.31. The molecule has 0 spiro atoms. The average Bonchev–Trinajstić information content (AvgIpc) is 2.39. The zero-order valence-corrected chi connectivity index (χ0v) is 16.2. The molecule has 1 atom stereocenters. The molecule has 0 bridgehead atoms. The monoisotopic (exact) mass is 330 g/mol. The summed E-state index contributed by atoms with van der Waals surface area (Å²) in [6.07, 6.45) is 2.22. The lowest BCUT2D eigenvalue weighted by molar-refractivity contribution is 0.0728. The predicted molar refractivity (Wildman–Crippen MR) is 86.4 cm³/mol. The van der Waals surface area contributed by atoms with Crippen LogP contribution in [0.1, 0.15) is 20.8 Å². The Morgan fingerprint density at radius 2 is 1.32 bits per heavy atom. The summed E-state index contributed by atoms with van der Waals surface area (Å²) in [5.74, 6) is 1.01. The molecule has 0 aliphatic rings. The highest BCUT2D eigenvalue weighted by Gasteiger charge is 2.40. The van der Waals surface area contributed by atoms with Gasteiger partial charge >= 0.3 is 17.2 Å². The zero-order chi connectivity index (χ0) is 14.7.